The number of nitrogens with zero attached hydrogens (tertiary/aromatic N) is 4. The van der Waals surface area contributed by atoms with Crippen LogP contribution < -0.4 is 8.61 Å². The quantitative estimate of drug-likeness (QED) is 0.502. The molecule has 1 saturated carbocycles. The summed E-state index contributed by atoms with van der Waals surface area (Å²) in [7, 11) is -8.41. The number of aromatic nitrogens is 2. The van der Waals surface area contributed by atoms with E-state index in [1.807, 2.05) is 49.1 Å². The summed E-state index contributed by atoms with van der Waals surface area (Å²) in [5.41, 5.74) is 1.07. The highest BCUT2D eigenvalue weighted by molar-refractivity contribution is 8.09. The fraction of sp³-hybridized carbons (Fsp3) is 0.522. The van der Waals surface area contributed by atoms with E-state index < -0.39 is 26.0 Å². The topological polar surface area (TPSA) is 127 Å². The molecular weight excluding hydrogens is 492 g/mol. The second-order valence-corrected chi connectivity index (χ2v) is 12.6. The van der Waals surface area contributed by atoms with Gasteiger partial charge in [-0.15, -0.1) is 3.71 Å². The molecule has 2 aliphatic rings. The Morgan fingerprint density at radius 2 is 1.57 bits per heavy atom. The number of carbonyl (C=O) groups is 1. The molecule has 0 bridgehead atoms. The van der Waals surface area contributed by atoms with Crippen LogP contribution in [-0.4, -0.2) is 58.4 Å². The third-order valence-electron chi connectivity index (χ3n) is 6.02. The minimum atomic E-state index is -4.20. The molecule has 2 fully saturated rings. The van der Waals surface area contributed by atoms with Crippen molar-refractivity contribution in [3.63, 3.8) is 0 Å². The monoisotopic (exact) mass is 524 g/mol. The van der Waals surface area contributed by atoms with Crippen molar-refractivity contribution in [3.05, 3.63) is 47.8 Å². The summed E-state index contributed by atoms with van der Waals surface area (Å²) in [5, 5.41) is 0. The van der Waals surface area contributed by atoms with Gasteiger partial charge >= 0.3 is 5.97 Å². The molecule has 1 aromatic heterocycles. The first-order valence-electron chi connectivity index (χ1n) is 11.5. The van der Waals surface area contributed by atoms with Crippen molar-refractivity contribution >= 4 is 37.7 Å². The molecule has 0 unspecified atom stereocenters. The van der Waals surface area contributed by atoms with Gasteiger partial charge in [0.2, 0.25) is 20.0 Å². The van der Waals surface area contributed by atoms with E-state index in [0.29, 0.717) is 18.5 Å². The van der Waals surface area contributed by atoms with Gasteiger partial charge in [-0.2, -0.15) is 0 Å². The maximum atomic E-state index is 12.9. The van der Waals surface area contributed by atoms with Gasteiger partial charge in [0.05, 0.1) is 18.7 Å². The number of hydrogen-bond acceptors (Lipinski definition) is 9. The van der Waals surface area contributed by atoms with Crippen molar-refractivity contribution in [3.8, 4) is 0 Å². The average Bonchev–Trinajstić information content (AvgIpc) is 3.57. The zero-order chi connectivity index (χ0) is 25.9. The molecule has 2 heterocycles. The van der Waals surface area contributed by atoms with Crippen LogP contribution in [0.5, 0.6) is 0 Å². The summed E-state index contributed by atoms with van der Waals surface area (Å²) in [6, 6.07) is 9.15. The number of carbonyl (C=O) groups excluding carboxylic acids is 1. The van der Waals surface area contributed by atoms with E-state index in [1.165, 1.54) is 12.8 Å². The Hall–Kier alpha value is -2.73. The minimum absolute atomic E-state index is 0.0322. The van der Waals surface area contributed by atoms with Crippen LogP contribution in [0.2, 0.25) is 0 Å². The molecule has 1 saturated heterocycles. The molecule has 192 valence electrons. The molecule has 0 amide bonds. The summed E-state index contributed by atoms with van der Waals surface area (Å²) in [5.74, 6) is -0.982. The minimum Gasteiger partial charge on any atom is -0.456 e. The number of hydrogen-bond donors (Lipinski definition) is 0. The standard InChI is InChI=1S/C21H26N4O6S2.C2H6/c1-32(27,28)25(33(2,29)30)17-14-22-18(20(26)31-15-16-6-4-3-5-7-16)19(23-17)24-12-10-21(8-9-21)11-13-24;1-2/h3-7,14H,8-13,15H2,1-2H3;1-2H3. The summed E-state index contributed by atoms with van der Waals surface area (Å²) >= 11 is 0. The number of rotatable bonds is 7. The van der Waals surface area contributed by atoms with Crippen LogP contribution >= 0.6 is 0 Å². The summed E-state index contributed by atoms with van der Waals surface area (Å²) in [6.45, 7) is 5.24. The molecule has 4 rings (SSSR count). The third kappa shape index (κ3) is 6.49. The highest BCUT2D eigenvalue weighted by Crippen LogP contribution is 2.54. The highest BCUT2D eigenvalue weighted by atomic mass is 32.3. The van der Waals surface area contributed by atoms with E-state index >= 15 is 0 Å². The van der Waals surface area contributed by atoms with Crippen LogP contribution in [0.1, 0.15) is 55.6 Å². The van der Waals surface area contributed by atoms with E-state index in [9.17, 15) is 21.6 Å². The average molecular weight is 525 g/mol. The lowest BCUT2D eigenvalue weighted by molar-refractivity contribution is 0.0466. The van der Waals surface area contributed by atoms with E-state index in [4.69, 9.17) is 4.74 Å². The first-order chi connectivity index (χ1) is 16.5. The highest BCUT2D eigenvalue weighted by Gasteiger charge is 2.45. The van der Waals surface area contributed by atoms with Crippen LogP contribution in [0.25, 0.3) is 0 Å². The first kappa shape index (κ1) is 26.9. The lowest BCUT2D eigenvalue weighted by Crippen LogP contribution is -2.39. The predicted octanol–water partition coefficient (Wildman–Crippen LogP) is 2.97. The Bertz CT molecular complexity index is 1220. The van der Waals surface area contributed by atoms with Crippen LogP contribution in [0.15, 0.2) is 36.5 Å². The Kier molecular flexibility index (Phi) is 8.05. The second-order valence-electron chi connectivity index (χ2n) is 8.67. The lowest BCUT2D eigenvalue weighted by Gasteiger charge is -2.34. The summed E-state index contributed by atoms with van der Waals surface area (Å²) in [4.78, 5) is 23.2. The van der Waals surface area contributed by atoms with Gasteiger partial charge in [0, 0.05) is 13.1 Å². The molecule has 1 aliphatic carbocycles. The van der Waals surface area contributed by atoms with Crippen LogP contribution in [0, 0.1) is 5.41 Å². The van der Waals surface area contributed by atoms with Gasteiger partial charge in [0.25, 0.3) is 0 Å². The van der Waals surface area contributed by atoms with Crippen molar-refractivity contribution in [1.82, 2.24) is 9.97 Å². The molecule has 2 aromatic rings. The molecule has 0 radical (unpaired) electrons. The molecular formula is C23H32N4O6S2. The maximum Gasteiger partial charge on any atom is 0.361 e. The van der Waals surface area contributed by atoms with E-state index in [-0.39, 0.29) is 27.6 Å². The molecule has 1 aromatic carbocycles. The number of esters is 1. The zero-order valence-electron chi connectivity index (χ0n) is 20.5. The summed E-state index contributed by atoms with van der Waals surface area (Å²) in [6.07, 6.45) is 6.70. The maximum absolute atomic E-state index is 12.9. The van der Waals surface area contributed by atoms with Gasteiger partial charge in [0.1, 0.15) is 6.61 Å². The van der Waals surface area contributed by atoms with Crippen molar-refractivity contribution in [2.45, 2.75) is 46.1 Å². The van der Waals surface area contributed by atoms with E-state index in [2.05, 4.69) is 9.97 Å². The van der Waals surface area contributed by atoms with Crippen LogP contribution in [-0.2, 0) is 31.4 Å². The molecule has 1 spiro atoms. The smallest absolute Gasteiger partial charge is 0.361 e. The van der Waals surface area contributed by atoms with Crippen molar-refractivity contribution in [2.24, 2.45) is 5.41 Å². The predicted molar refractivity (Wildman–Crippen MR) is 134 cm³/mol. The molecule has 0 atom stereocenters. The Morgan fingerprint density at radius 1 is 1.00 bits per heavy atom. The second kappa shape index (κ2) is 10.5. The number of ether oxygens (including phenoxy) is 1. The number of anilines is 2. The fourth-order valence-corrected chi connectivity index (χ4v) is 6.89. The van der Waals surface area contributed by atoms with E-state index in [0.717, 1.165) is 37.1 Å². The van der Waals surface area contributed by atoms with Crippen LogP contribution in [0.3, 0.4) is 0 Å². The Balaban J connectivity index is 0.00000167. The van der Waals surface area contributed by atoms with Crippen molar-refractivity contribution in [1.29, 1.82) is 0 Å². The normalized spacial score (nSPS) is 16.7. The molecule has 0 N–H and O–H groups in total. The Morgan fingerprint density at radius 3 is 2.09 bits per heavy atom. The molecule has 12 heteroatoms. The third-order valence-corrected chi connectivity index (χ3v) is 9.22. The van der Waals surface area contributed by atoms with Gasteiger partial charge in [0.15, 0.2) is 17.3 Å². The van der Waals surface area contributed by atoms with Crippen LogP contribution in [0.4, 0.5) is 11.6 Å². The molecule has 1 aliphatic heterocycles. The van der Waals surface area contributed by atoms with Crippen molar-refractivity contribution in [2.75, 3.05) is 34.2 Å². The number of sulfonamides is 2. The van der Waals surface area contributed by atoms with Gasteiger partial charge in [-0.05, 0) is 36.7 Å². The van der Waals surface area contributed by atoms with Gasteiger partial charge in [-0.1, -0.05) is 44.2 Å². The fourth-order valence-electron chi connectivity index (χ4n) is 4.07. The van der Waals surface area contributed by atoms with E-state index in [1.54, 1.807) is 0 Å². The molecule has 10 nitrogen and oxygen atoms in total. The Labute approximate surface area is 207 Å². The zero-order valence-corrected chi connectivity index (χ0v) is 22.1. The lowest BCUT2D eigenvalue weighted by atomic mass is 9.94. The largest absolute Gasteiger partial charge is 0.456 e. The first-order valence-corrected chi connectivity index (χ1v) is 15.2. The van der Waals surface area contributed by atoms with Gasteiger partial charge in [-0.3, -0.25) is 0 Å². The van der Waals surface area contributed by atoms with Gasteiger partial charge in [-0.25, -0.2) is 31.6 Å². The van der Waals surface area contributed by atoms with Gasteiger partial charge < -0.3 is 9.64 Å². The number of piperidine rings is 1. The molecule has 35 heavy (non-hydrogen) atoms. The number of benzene rings is 1. The summed E-state index contributed by atoms with van der Waals surface area (Å²) < 4.78 is 54.5. The van der Waals surface area contributed by atoms with Crippen molar-refractivity contribution < 1.29 is 26.4 Å². The SMILES string of the molecule is CC.CS(=O)(=O)N(c1cnc(C(=O)OCc2ccccc2)c(N2CCC3(CC2)CC3)n1)S(C)(=O)=O.